The van der Waals surface area contributed by atoms with Crippen LogP contribution >= 0.6 is 22.9 Å². The molecule has 11 heteroatoms. The van der Waals surface area contributed by atoms with Crippen molar-refractivity contribution in [2.75, 3.05) is 17.2 Å². The molecule has 0 saturated heterocycles. The SMILES string of the molecule is CC(C)CCNC(=O)[C@H](c1cccs1)N(C(=O)c1snc(C(N)=O)c1N)c1ccc(F)cc1. The third-order valence-corrected chi connectivity index (χ3v) is 6.60. The van der Waals surface area contributed by atoms with Crippen LogP contribution in [0.2, 0.25) is 0 Å². The molecule has 2 aromatic heterocycles. The van der Waals surface area contributed by atoms with Gasteiger partial charge in [0.15, 0.2) is 11.7 Å². The molecule has 3 amide bonds. The van der Waals surface area contributed by atoms with E-state index in [1.165, 1.54) is 40.5 Å². The van der Waals surface area contributed by atoms with Crippen molar-refractivity contribution < 1.29 is 18.8 Å². The molecular formula is C22H24FN5O3S2. The summed E-state index contributed by atoms with van der Waals surface area (Å²) in [4.78, 5) is 40.5. The van der Waals surface area contributed by atoms with Crippen LogP contribution in [0.4, 0.5) is 15.8 Å². The average Bonchev–Trinajstić information content (AvgIpc) is 3.42. The number of rotatable bonds is 9. The number of carbonyl (C=O) groups is 3. The van der Waals surface area contributed by atoms with Crippen molar-refractivity contribution in [1.29, 1.82) is 0 Å². The molecule has 0 unspecified atom stereocenters. The molecular weight excluding hydrogens is 465 g/mol. The van der Waals surface area contributed by atoms with E-state index in [4.69, 9.17) is 11.5 Å². The lowest BCUT2D eigenvalue weighted by Gasteiger charge is -2.30. The number of amides is 3. The fourth-order valence-corrected chi connectivity index (χ4v) is 4.68. The molecule has 0 aliphatic heterocycles. The summed E-state index contributed by atoms with van der Waals surface area (Å²) in [5.74, 6) is -2.02. The van der Waals surface area contributed by atoms with Gasteiger partial charge in [-0.25, -0.2) is 4.39 Å². The summed E-state index contributed by atoms with van der Waals surface area (Å²) in [5.41, 5.74) is 11.2. The molecule has 1 atom stereocenters. The van der Waals surface area contributed by atoms with Crippen molar-refractivity contribution >= 4 is 52.0 Å². The summed E-state index contributed by atoms with van der Waals surface area (Å²) in [6.45, 7) is 4.51. The Labute approximate surface area is 198 Å². The molecule has 0 fully saturated rings. The van der Waals surface area contributed by atoms with Gasteiger partial charge in [0.1, 0.15) is 10.7 Å². The van der Waals surface area contributed by atoms with Gasteiger partial charge in [-0.1, -0.05) is 19.9 Å². The number of primary amides is 1. The first-order valence-corrected chi connectivity index (χ1v) is 11.8. The van der Waals surface area contributed by atoms with Crippen LogP contribution in [0.3, 0.4) is 0 Å². The minimum Gasteiger partial charge on any atom is -0.395 e. The Morgan fingerprint density at radius 3 is 2.42 bits per heavy atom. The summed E-state index contributed by atoms with van der Waals surface area (Å²) in [6, 6.07) is 7.67. The second-order valence-electron chi connectivity index (χ2n) is 7.68. The molecule has 0 bridgehead atoms. The first-order valence-electron chi connectivity index (χ1n) is 10.2. The van der Waals surface area contributed by atoms with Crippen molar-refractivity contribution in [3.8, 4) is 0 Å². The zero-order valence-electron chi connectivity index (χ0n) is 18.1. The van der Waals surface area contributed by atoms with E-state index in [1.54, 1.807) is 17.5 Å². The maximum atomic E-state index is 13.7. The minimum atomic E-state index is -1.05. The van der Waals surface area contributed by atoms with E-state index in [9.17, 15) is 18.8 Å². The highest BCUT2D eigenvalue weighted by molar-refractivity contribution is 7.10. The van der Waals surface area contributed by atoms with Gasteiger partial charge in [0.25, 0.3) is 11.8 Å². The van der Waals surface area contributed by atoms with Crippen LogP contribution < -0.4 is 21.7 Å². The van der Waals surface area contributed by atoms with Gasteiger partial charge >= 0.3 is 0 Å². The van der Waals surface area contributed by atoms with E-state index in [0.29, 0.717) is 17.3 Å². The zero-order valence-corrected chi connectivity index (χ0v) is 19.7. The smallest absolute Gasteiger partial charge is 0.273 e. The molecule has 0 radical (unpaired) electrons. The Balaban J connectivity index is 2.09. The van der Waals surface area contributed by atoms with Crippen molar-refractivity contribution in [1.82, 2.24) is 9.69 Å². The number of halogens is 1. The van der Waals surface area contributed by atoms with E-state index < -0.39 is 29.6 Å². The Bertz CT molecular complexity index is 1130. The summed E-state index contributed by atoms with van der Waals surface area (Å²) in [6.07, 6.45) is 0.761. The van der Waals surface area contributed by atoms with Crippen molar-refractivity contribution in [2.24, 2.45) is 11.7 Å². The summed E-state index contributed by atoms with van der Waals surface area (Å²) < 4.78 is 17.5. The van der Waals surface area contributed by atoms with Gasteiger partial charge in [0.05, 0.1) is 5.69 Å². The number of nitrogens with one attached hydrogen (secondary N) is 1. The topological polar surface area (TPSA) is 131 Å². The number of nitrogen functional groups attached to an aromatic ring is 1. The van der Waals surface area contributed by atoms with Gasteiger partial charge in [-0.2, -0.15) is 4.37 Å². The largest absolute Gasteiger partial charge is 0.395 e. The fraction of sp³-hybridized carbons (Fsp3) is 0.273. The van der Waals surface area contributed by atoms with Crippen LogP contribution in [0.5, 0.6) is 0 Å². The Morgan fingerprint density at radius 2 is 1.88 bits per heavy atom. The standard InChI is InChI=1S/C22H24FN5O3S2/c1-12(2)9-10-26-21(30)18(15-4-3-11-32-15)28(14-7-5-13(23)6-8-14)22(31)19-16(24)17(20(25)29)27-33-19/h3-8,11-12,18H,9-10,24H2,1-2H3,(H2,25,29)(H,26,30)/t18-/m0/s1. The number of hydrogen-bond donors (Lipinski definition) is 3. The van der Waals surface area contributed by atoms with E-state index in [1.807, 2.05) is 13.8 Å². The highest BCUT2D eigenvalue weighted by atomic mass is 32.1. The Hall–Kier alpha value is -3.31. The van der Waals surface area contributed by atoms with Crippen molar-refractivity contribution in [2.45, 2.75) is 26.3 Å². The normalized spacial score (nSPS) is 11.9. The first kappa shape index (κ1) is 24.3. The Kier molecular flexibility index (Phi) is 7.77. The molecule has 3 aromatic rings. The number of anilines is 2. The van der Waals surface area contributed by atoms with E-state index >= 15 is 0 Å². The van der Waals surface area contributed by atoms with Gasteiger partial charge in [0, 0.05) is 17.1 Å². The lowest BCUT2D eigenvalue weighted by molar-refractivity contribution is -0.122. The second kappa shape index (κ2) is 10.5. The number of nitrogens with two attached hydrogens (primary N) is 2. The molecule has 2 heterocycles. The lowest BCUT2D eigenvalue weighted by atomic mass is 10.1. The van der Waals surface area contributed by atoms with Crippen LogP contribution in [0.1, 0.15) is 51.3 Å². The average molecular weight is 490 g/mol. The van der Waals surface area contributed by atoms with Gasteiger partial charge in [0.2, 0.25) is 5.91 Å². The summed E-state index contributed by atoms with van der Waals surface area (Å²) in [5, 5.41) is 4.69. The summed E-state index contributed by atoms with van der Waals surface area (Å²) in [7, 11) is 0. The molecule has 0 saturated carbocycles. The maximum absolute atomic E-state index is 13.7. The quantitative estimate of drug-likeness (QED) is 0.423. The molecule has 0 spiro atoms. The number of benzene rings is 1. The highest BCUT2D eigenvalue weighted by Crippen LogP contribution is 2.34. The fourth-order valence-electron chi connectivity index (χ4n) is 3.13. The predicted octanol–water partition coefficient (Wildman–Crippen LogP) is 3.58. The molecule has 5 N–H and O–H groups in total. The van der Waals surface area contributed by atoms with Gasteiger partial charge in [-0.05, 0) is 59.6 Å². The maximum Gasteiger partial charge on any atom is 0.273 e. The molecule has 33 heavy (non-hydrogen) atoms. The number of nitrogens with zero attached hydrogens (tertiary/aromatic N) is 2. The second-order valence-corrected chi connectivity index (χ2v) is 9.43. The number of hydrogen-bond acceptors (Lipinski definition) is 7. The van der Waals surface area contributed by atoms with Crippen LogP contribution in [0.15, 0.2) is 41.8 Å². The predicted molar refractivity (Wildman–Crippen MR) is 128 cm³/mol. The van der Waals surface area contributed by atoms with Gasteiger partial charge < -0.3 is 16.8 Å². The van der Waals surface area contributed by atoms with Crippen LogP contribution in [0.25, 0.3) is 0 Å². The Morgan fingerprint density at radius 1 is 1.18 bits per heavy atom. The number of thiophene rings is 1. The lowest BCUT2D eigenvalue weighted by Crippen LogP contribution is -2.44. The molecule has 0 aliphatic carbocycles. The zero-order chi connectivity index (χ0) is 24.1. The van der Waals surface area contributed by atoms with Crippen LogP contribution in [-0.4, -0.2) is 28.6 Å². The third kappa shape index (κ3) is 5.55. The highest BCUT2D eigenvalue weighted by Gasteiger charge is 2.36. The number of carbonyl (C=O) groups excluding carboxylic acids is 3. The van der Waals surface area contributed by atoms with Crippen molar-refractivity contribution in [3.63, 3.8) is 0 Å². The van der Waals surface area contributed by atoms with Crippen LogP contribution in [-0.2, 0) is 4.79 Å². The van der Waals surface area contributed by atoms with Gasteiger partial charge in [-0.3, -0.25) is 19.3 Å². The van der Waals surface area contributed by atoms with Crippen molar-refractivity contribution in [3.05, 3.63) is 63.0 Å². The molecule has 0 aliphatic rings. The molecule has 3 rings (SSSR count). The third-order valence-electron chi connectivity index (χ3n) is 4.82. The molecule has 8 nitrogen and oxygen atoms in total. The molecule has 1 aromatic carbocycles. The molecule has 174 valence electrons. The first-order chi connectivity index (χ1) is 15.7. The minimum absolute atomic E-state index is 0.0374. The van der Waals surface area contributed by atoms with Crippen LogP contribution in [0, 0.1) is 11.7 Å². The van der Waals surface area contributed by atoms with E-state index in [0.717, 1.165) is 18.0 Å². The van der Waals surface area contributed by atoms with E-state index in [2.05, 4.69) is 9.69 Å². The number of aromatic nitrogens is 1. The van der Waals surface area contributed by atoms with Gasteiger partial charge in [-0.15, -0.1) is 11.3 Å². The summed E-state index contributed by atoms with van der Waals surface area (Å²) >= 11 is 2.02. The van der Waals surface area contributed by atoms with E-state index in [-0.39, 0.29) is 21.9 Å². The monoisotopic (exact) mass is 489 g/mol.